The lowest BCUT2D eigenvalue weighted by Gasteiger charge is -2.19. The van der Waals surface area contributed by atoms with Crippen molar-refractivity contribution in [3.63, 3.8) is 0 Å². The van der Waals surface area contributed by atoms with E-state index < -0.39 is 0 Å². The van der Waals surface area contributed by atoms with E-state index in [0.717, 1.165) is 13.2 Å². The van der Waals surface area contributed by atoms with E-state index in [2.05, 4.69) is 52.8 Å². The predicted octanol–water partition coefficient (Wildman–Crippen LogP) is 9.39. The number of hydrogen-bond acceptors (Lipinski definition) is 2. The lowest BCUT2D eigenvalue weighted by Crippen LogP contribution is -2.15. The first-order valence-electron chi connectivity index (χ1n) is 14.5. The van der Waals surface area contributed by atoms with Gasteiger partial charge < -0.3 is 9.47 Å². The highest BCUT2D eigenvalue weighted by molar-refractivity contribution is 5.34. The molecule has 2 atom stereocenters. The maximum atomic E-state index is 6.20. The first kappa shape index (κ1) is 30.2. The standard InChI is InChI=1S/C31H56O2/c1-6-10-21-30(32-25-12-8-3)23-15-19-28-17-14-18-29(27(28)5)20-16-24-31(22-11-7-2)33-26-13-9-4/h14,17-18,30-31H,6-13,15-16,19-26H2,1-5H3. The summed E-state index contributed by atoms with van der Waals surface area (Å²) in [6.07, 6.45) is 20.5. The van der Waals surface area contributed by atoms with Crippen LogP contribution in [0.1, 0.15) is 134 Å². The fraction of sp³-hybridized carbons (Fsp3) is 0.806. The van der Waals surface area contributed by atoms with Gasteiger partial charge in [0.15, 0.2) is 0 Å². The van der Waals surface area contributed by atoms with E-state index in [1.165, 1.54) is 119 Å². The van der Waals surface area contributed by atoms with Crippen molar-refractivity contribution in [3.8, 4) is 0 Å². The van der Waals surface area contributed by atoms with Gasteiger partial charge in [-0.3, -0.25) is 0 Å². The number of unbranched alkanes of at least 4 members (excludes halogenated alkanes) is 4. The van der Waals surface area contributed by atoms with Gasteiger partial charge in [0.05, 0.1) is 12.2 Å². The normalized spacial score (nSPS) is 13.4. The lowest BCUT2D eigenvalue weighted by molar-refractivity contribution is 0.0372. The quantitative estimate of drug-likeness (QED) is 0.160. The van der Waals surface area contributed by atoms with E-state index in [1.807, 2.05) is 0 Å². The van der Waals surface area contributed by atoms with Crippen LogP contribution in [0.3, 0.4) is 0 Å². The SMILES string of the molecule is CCCCOC(CCCC)CCCc1cccc(CCCC(CCCC)OCCCC)c1C. The second-order valence-electron chi connectivity index (χ2n) is 9.96. The summed E-state index contributed by atoms with van der Waals surface area (Å²) in [7, 11) is 0. The molecule has 2 nitrogen and oxygen atoms in total. The van der Waals surface area contributed by atoms with Crippen LogP contribution < -0.4 is 0 Å². The zero-order valence-electron chi connectivity index (χ0n) is 22.9. The van der Waals surface area contributed by atoms with E-state index in [0.29, 0.717) is 12.2 Å². The Labute approximate surface area is 207 Å². The first-order valence-corrected chi connectivity index (χ1v) is 14.5. The molecular weight excluding hydrogens is 404 g/mol. The molecule has 0 N–H and O–H groups in total. The molecule has 0 aliphatic heterocycles. The molecule has 0 spiro atoms. The van der Waals surface area contributed by atoms with Crippen LogP contribution in [0.4, 0.5) is 0 Å². The highest BCUT2D eigenvalue weighted by Crippen LogP contribution is 2.21. The minimum atomic E-state index is 0.452. The van der Waals surface area contributed by atoms with Crippen LogP contribution in [0.2, 0.25) is 0 Å². The van der Waals surface area contributed by atoms with Crippen LogP contribution in [0.5, 0.6) is 0 Å². The summed E-state index contributed by atoms with van der Waals surface area (Å²) in [5.74, 6) is 0. The second kappa shape index (κ2) is 20.5. The number of aryl methyl sites for hydroxylation is 2. The highest BCUT2D eigenvalue weighted by atomic mass is 16.5. The molecule has 0 saturated carbocycles. The fourth-order valence-corrected chi connectivity index (χ4v) is 4.59. The van der Waals surface area contributed by atoms with Crippen molar-refractivity contribution in [2.24, 2.45) is 0 Å². The van der Waals surface area contributed by atoms with Crippen molar-refractivity contribution >= 4 is 0 Å². The summed E-state index contributed by atoms with van der Waals surface area (Å²) in [5.41, 5.74) is 4.60. The smallest absolute Gasteiger partial charge is 0.0575 e. The van der Waals surface area contributed by atoms with Gasteiger partial charge in [0, 0.05) is 13.2 Å². The predicted molar refractivity (Wildman–Crippen MR) is 145 cm³/mol. The van der Waals surface area contributed by atoms with E-state index in [1.54, 1.807) is 0 Å². The Hall–Kier alpha value is -0.860. The molecule has 0 aliphatic carbocycles. The molecule has 1 aromatic carbocycles. The molecule has 33 heavy (non-hydrogen) atoms. The van der Waals surface area contributed by atoms with E-state index in [4.69, 9.17) is 9.47 Å². The minimum Gasteiger partial charge on any atom is -0.378 e. The molecule has 0 heterocycles. The molecule has 0 bridgehead atoms. The largest absolute Gasteiger partial charge is 0.378 e. The maximum absolute atomic E-state index is 6.20. The molecule has 0 radical (unpaired) electrons. The van der Waals surface area contributed by atoms with Crippen molar-refractivity contribution in [1.82, 2.24) is 0 Å². The van der Waals surface area contributed by atoms with Gasteiger partial charge in [0.1, 0.15) is 0 Å². The molecule has 0 fully saturated rings. The maximum Gasteiger partial charge on any atom is 0.0575 e. The van der Waals surface area contributed by atoms with Crippen molar-refractivity contribution in [1.29, 1.82) is 0 Å². The van der Waals surface area contributed by atoms with Gasteiger partial charge in [0.25, 0.3) is 0 Å². The molecule has 2 unspecified atom stereocenters. The Morgan fingerprint density at radius 1 is 0.576 bits per heavy atom. The zero-order chi connectivity index (χ0) is 24.2. The Balaban J connectivity index is 2.51. The molecule has 0 amide bonds. The first-order chi connectivity index (χ1) is 16.2. The minimum absolute atomic E-state index is 0.452. The summed E-state index contributed by atoms with van der Waals surface area (Å²) >= 11 is 0. The number of ether oxygens (including phenoxy) is 2. The van der Waals surface area contributed by atoms with Crippen LogP contribution in [-0.2, 0) is 22.3 Å². The van der Waals surface area contributed by atoms with Crippen LogP contribution >= 0.6 is 0 Å². The summed E-state index contributed by atoms with van der Waals surface area (Å²) in [6.45, 7) is 13.2. The molecular formula is C31H56O2. The highest BCUT2D eigenvalue weighted by Gasteiger charge is 2.12. The Kier molecular flexibility index (Phi) is 18.7. The van der Waals surface area contributed by atoms with Crippen molar-refractivity contribution in [2.75, 3.05) is 13.2 Å². The summed E-state index contributed by atoms with van der Waals surface area (Å²) < 4.78 is 12.4. The number of hydrogen-bond donors (Lipinski definition) is 0. The Morgan fingerprint density at radius 3 is 1.36 bits per heavy atom. The number of rotatable bonds is 22. The summed E-state index contributed by atoms with van der Waals surface area (Å²) in [4.78, 5) is 0. The average molecular weight is 461 g/mol. The van der Waals surface area contributed by atoms with Crippen molar-refractivity contribution in [2.45, 2.75) is 150 Å². The van der Waals surface area contributed by atoms with Gasteiger partial charge in [-0.2, -0.15) is 0 Å². The second-order valence-corrected chi connectivity index (χ2v) is 9.96. The zero-order valence-corrected chi connectivity index (χ0v) is 22.9. The average Bonchev–Trinajstić information content (AvgIpc) is 2.82. The third-order valence-corrected chi connectivity index (χ3v) is 6.96. The van der Waals surface area contributed by atoms with E-state index in [-0.39, 0.29) is 0 Å². The molecule has 1 aromatic rings. The molecule has 0 aromatic heterocycles. The Bertz CT molecular complexity index is 522. The van der Waals surface area contributed by atoms with Gasteiger partial charge in [-0.1, -0.05) is 84.4 Å². The molecule has 0 saturated heterocycles. The van der Waals surface area contributed by atoms with E-state index >= 15 is 0 Å². The third kappa shape index (κ3) is 14.2. The molecule has 1 rings (SSSR count). The van der Waals surface area contributed by atoms with Gasteiger partial charge >= 0.3 is 0 Å². The van der Waals surface area contributed by atoms with Crippen LogP contribution in [-0.4, -0.2) is 25.4 Å². The fourth-order valence-electron chi connectivity index (χ4n) is 4.59. The Morgan fingerprint density at radius 2 is 0.970 bits per heavy atom. The third-order valence-electron chi connectivity index (χ3n) is 6.96. The van der Waals surface area contributed by atoms with Crippen molar-refractivity contribution < 1.29 is 9.47 Å². The van der Waals surface area contributed by atoms with Crippen LogP contribution in [0, 0.1) is 6.92 Å². The van der Waals surface area contributed by atoms with Crippen molar-refractivity contribution in [3.05, 3.63) is 34.9 Å². The molecule has 2 heteroatoms. The molecule has 192 valence electrons. The van der Waals surface area contributed by atoms with Gasteiger partial charge in [0.2, 0.25) is 0 Å². The topological polar surface area (TPSA) is 18.5 Å². The molecule has 0 aliphatic rings. The monoisotopic (exact) mass is 460 g/mol. The van der Waals surface area contributed by atoms with Crippen LogP contribution in [0.25, 0.3) is 0 Å². The van der Waals surface area contributed by atoms with Gasteiger partial charge in [-0.05, 0) is 87.8 Å². The number of benzene rings is 1. The van der Waals surface area contributed by atoms with Gasteiger partial charge in [-0.25, -0.2) is 0 Å². The van der Waals surface area contributed by atoms with Gasteiger partial charge in [-0.15, -0.1) is 0 Å². The summed E-state index contributed by atoms with van der Waals surface area (Å²) in [5, 5.41) is 0. The van der Waals surface area contributed by atoms with Crippen LogP contribution in [0.15, 0.2) is 18.2 Å². The van der Waals surface area contributed by atoms with E-state index in [9.17, 15) is 0 Å². The lowest BCUT2D eigenvalue weighted by atomic mass is 9.93. The summed E-state index contributed by atoms with van der Waals surface area (Å²) in [6, 6.07) is 6.96.